The number of carbonyl (C=O) groups excluding carboxylic acids is 2. The van der Waals surface area contributed by atoms with Gasteiger partial charge in [0.1, 0.15) is 17.2 Å². The van der Waals surface area contributed by atoms with Crippen LogP contribution in [-0.2, 0) is 0 Å². The Kier molecular flexibility index (Phi) is 7.32. The average Bonchev–Trinajstić information content (AvgIpc) is 3.64. The SMILES string of the molecule is C=C(/N=C\C=C/N)C1(NC(=O)c2cc(-c3ccc4oc(-c5ccc(F)cc5)c(C(=O)NC)c4c3)c(C)cc2C)CC1. The van der Waals surface area contributed by atoms with Gasteiger partial charge in [0.05, 0.1) is 16.8 Å². The zero-order chi connectivity index (χ0) is 29.3. The fourth-order valence-corrected chi connectivity index (χ4v) is 5.03. The van der Waals surface area contributed by atoms with Crippen molar-refractivity contribution in [3.8, 4) is 22.5 Å². The minimum Gasteiger partial charge on any atom is -0.455 e. The van der Waals surface area contributed by atoms with E-state index in [0.29, 0.717) is 39.1 Å². The molecule has 7 nitrogen and oxygen atoms in total. The molecule has 1 aliphatic carbocycles. The van der Waals surface area contributed by atoms with Crippen molar-refractivity contribution < 1.29 is 18.4 Å². The zero-order valence-corrected chi connectivity index (χ0v) is 23.2. The maximum absolute atomic E-state index is 13.6. The number of rotatable bonds is 8. The van der Waals surface area contributed by atoms with Gasteiger partial charge in [-0.1, -0.05) is 18.7 Å². The van der Waals surface area contributed by atoms with E-state index in [4.69, 9.17) is 10.2 Å². The highest BCUT2D eigenvalue weighted by Gasteiger charge is 2.47. The van der Waals surface area contributed by atoms with E-state index < -0.39 is 5.54 Å². The van der Waals surface area contributed by atoms with Crippen LogP contribution in [0.25, 0.3) is 33.4 Å². The van der Waals surface area contributed by atoms with E-state index in [0.717, 1.165) is 35.1 Å². The molecule has 1 fully saturated rings. The normalized spacial score (nSPS) is 14.0. The van der Waals surface area contributed by atoms with Crippen LogP contribution in [0, 0.1) is 19.7 Å². The lowest BCUT2D eigenvalue weighted by Crippen LogP contribution is -2.38. The Morgan fingerprint density at radius 2 is 1.73 bits per heavy atom. The molecule has 0 bridgehead atoms. The zero-order valence-electron chi connectivity index (χ0n) is 23.2. The lowest BCUT2D eigenvalue weighted by atomic mass is 9.93. The summed E-state index contributed by atoms with van der Waals surface area (Å²) in [6.45, 7) is 7.94. The molecule has 0 saturated heterocycles. The van der Waals surface area contributed by atoms with Gasteiger partial charge in [-0.25, -0.2) is 4.39 Å². The summed E-state index contributed by atoms with van der Waals surface area (Å²) in [5.74, 6) is -0.546. The summed E-state index contributed by atoms with van der Waals surface area (Å²) in [5, 5.41) is 6.43. The minimum atomic E-state index is -0.567. The number of benzene rings is 3. The maximum atomic E-state index is 13.6. The van der Waals surface area contributed by atoms with Crippen LogP contribution in [0.1, 0.15) is 44.7 Å². The molecule has 3 aromatic carbocycles. The Morgan fingerprint density at radius 3 is 2.39 bits per heavy atom. The van der Waals surface area contributed by atoms with Crippen molar-refractivity contribution in [3.63, 3.8) is 0 Å². The average molecular weight is 551 g/mol. The highest BCUT2D eigenvalue weighted by Crippen LogP contribution is 2.42. The second kappa shape index (κ2) is 10.9. The summed E-state index contributed by atoms with van der Waals surface area (Å²) in [6.07, 6.45) is 6.07. The van der Waals surface area contributed by atoms with Gasteiger partial charge in [0.25, 0.3) is 11.8 Å². The monoisotopic (exact) mass is 550 g/mol. The predicted molar refractivity (Wildman–Crippen MR) is 160 cm³/mol. The molecule has 0 radical (unpaired) electrons. The molecule has 1 aliphatic rings. The Morgan fingerprint density at radius 1 is 1.02 bits per heavy atom. The molecule has 0 atom stereocenters. The van der Waals surface area contributed by atoms with Gasteiger partial charge in [-0.05, 0) is 104 Å². The molecule has 0 aliphatic heterocycles. The van der Waals surface area contributed by atoms with Crippen molar-refractivity contribution in [2.24, 2.45) is 10.7 Å². The number of aryl methyl sites for hydroxylation is 2. The number of carbonyl (C=O) groups is 2. The van der Waals surface area contributed by atoms with E-state index >= 15 is 0 Å². The molecule has 5 rings (SSSR count). The fourth-order valence-electron chi connectivity index (χ4n) is 5.03. The quantitative estimate of drug-likeness (QED) is 0.227. The Bertz CT molecular complexity index is 1740. The molecule has 0 unspecified atom stereocenters. The summed E-state index contributed by atoms with van der Waals surface area (Å²) in [6, 6.07) is 15.3. The Balaban J connectivity index is 1.54. The second-order valence-electron chi connectivity index (χ2n) is 10.2. The molecule has 208 valence electrons. The van der Waals surface area contributed by atoms with Gasteiger partial charge in [-0.3, -0.25) is 14.6 Å². The molecule has 0 spiro atoms. The van der Waals surface area contributed by atoms with E-state index in [1.165, 1.54) is 18.3 Å². The van der Waals surface area contributed by atoms with Crippen LogP contribution >= 0.6 is 0 Å². The van der Waals surface area contributed by atoms with Gasteiger partial charge >= 0.3 is 0 Å². The van der Waals surface area contributed by atoms with Gasteiger partial charge in [0.2, 0.25) is 0 Å². The molecular weight excluding hydrogens is 519 g/mol. The van der Waals surface area contributed by atoms with Crippen molar-refractivity contribution in [2.75, 3.05) is 7.05 Å². The van der Waals surface area contributed by atoms with Crippen LogP contribution in [0.15, 0.2) is 88.6 Å². The van der Waals surface area contributed by atoms with Crippen molar-refractivity contribution >= 4 is 29.0 Å². The molecule has 1 saturated carbocycles. The first-order chi connectivity index (χ1) is 19.7. The van der Waals surface area contributed by atoms with Crippen molar-refractivity contribution in [1.29, 1.82) is 0 Å². The number of nitrogens with two attached hydrogens (primary N) is 1. The molecule has 4 N–H and O–H groups in total. The molecule has 8 heteroatoms. The highest BCUT2D eigenvalue weighted by molar-refractivity contribution is 6.12. The van der Waals surface area contributed by atoms with Gasteiger partial charge in [0, 0.05) is 29.8 Å². The third-order valence-electron chi connectivity index (χ3n) is 7.46. The summed E-state index contributed by atoms with van der Waals surface area (Å²) in [7, 11) is 1.55. The van der Waals surface area contributed by atoms with E-state index in [1.54, 1.807) is 37.5 Å². The molecule has 41 heavy (non-hydrogen) atoms. The smallest absolute Gasteiger partial charge is 0.255 e. The molecule has 1 aromatic heterocycles. The van der Waals surface area contributed by atoms with Gasteiger partial charge in [-0.2, -0.15) is 0 Å². The fraction of sp³-hybridized carbons (Fsp3) is 0.182. The number of nitrogens with one attached hydrogen (secondary N) is 2. The van der Waals surface area contributed by atoms with E-state index in [2.05, 4.69) is 22.2 Å². The number of hydrogen-bond acceptors (Lipinski definition) is 5. The topological polar surface area (TPSA) is 110 Å². The third-order valence-corrected chi connectivity index (χ3v) is 7.46. The number of furan rings is 1. The molecular formula is C33H31FN4O3. The van der Waals surface area contributed by atoms with Gasteiger partial charge < -0.3 is 20.8 Å². The van der Waals surface area contributed by atoms with Crippen LogP contribution in [0.2, 0.25) is 0 Å². The van der Waals surface area contributed by atoms with Crippen LogP contribution in [0.4, 0.5) is 4.39 Å². The minimum absolute atomic E-state index is 0.207. The van der Waals surface area contributed by atoms with Gasteiger partial charge in [0.15, 0.2) is 0 Å². The van der Waals surface area contributed by atoms with Crippen LogP contribution < -0.4 is 16.4 Å². The number of fused-ring (bicyclic) bond motifs is 1. The second-order valence-corrected chi connectivity index (χ2v) is 10.2. The maximum Gasteiger partial charge on any atom is 0.255 e. The van der Waals surface area contributed by atoms with Crippen LogP contribution in [0.5, 0.6) is 0 Å². The number of aliphatic imine (C=N–C) groups is 1. The molecule has 4 aromatic rings. The lowest BCUT2D eigenvalue weighted by Gasteiger charge is -2.19. The molecule has 1 heterocycles. The highest BCUT2D eigenvalue weighted by atomic mass is 19.1. The summed E-state index contributed by atoms with van der Waals surface area (Å²) >= 11 is 0. The van der Waals surface area contributed by atoms with Crippen molar-refractivity contribution in [1.82, 2.24) is 10.6 Å². The number of allylic oxidation sites excluding steroid dienone is 1. The van der Waals surface area contributed by atoms with Crippen LogP contribution in [-0.4, -0.2) is 30.6 Å². The van der Waals surface area contributed by atoms with Gasteiger partial charge in [-0.15, -0.1) is 0 Å². The third kappa shape index (κ3) is 5.28. The summed E-state index contributed by atoms with van der Waals surface area (Å²) in [5.41, 5.74) is 10.9. The predicted octanol–water partition coefficient (Wildman–Crippen LogP) is 6.20. The summed E-state index contributed by atoms with van der Waals surface area (Å²) in [4.78, 5) is 30.8. The number of amides is 2. The first-order valence-corrected chi connectivity index (χ1v) is 13.3. The lowest BCUT2D eigenvalue weighted by molar-refractivity contribution is 0.0935. The Labute approximate surface area is 237 Å². The van der Waals surface area contributed by atoms with Crippen molar-refractivity contribution in [3.05, 3.63) is 107 Å². The van der Waals surface area contributed by atoms with E-state index in [9.17, 15) is 14.0 Å². The summed E-state index contributed by atoms with van der Waals surface area (Å²) < 4.78 is 19.7. The number of hydrogen-bond donors (Lipinski definition) is 3. The van der Waals surface area contributed by atoms with E-state index in [-0.39, 0.29) is 17.6 Å². The first kappa shape index (κ1) is 27.6. The first-order valence-electron chi connectivity index (χ1n) is 13.3. The number of nitrogens with zero attached hydrogens (tertiary/aromatic N) is 1. The standard InChI is InChI=1S/C33H31FN4O3/c1-19-16-20(2)26(31(39)38-33(12-13-33)21(3)37-15-5-14-35)18-25(19)23-8-11-28-27(17-23)29(32(40)36-4)30(41-28)22-6-9-24(34)10-7-22/h5-11,14-18H,3,12-13,35H2,1-2,4H3,(H,36,40)(H,38,39)/b14-5-,37-15-. The Hall–Kier alpha value is -4.98. The largest absolute Gasteiger partial charge is 0.455 e. The van der Waals surface area contributed by atoms with E-state index in [1.807, 2.05) is 38.1 Å². The number of halogens is 1. The molecule has 2 amide bonds. The van der Waals surface area contributed by atoms with Crippen LogP contribution in [0.3, 0.4) is 0 Å². The van der Waals surface area contributed by atoms with Crippen molar-refractivity contribution in [2.45, 2.75) is 32.2 Å².